The normalized spacial score (nSPS) is 18.7. The number of carboxylic acid groups (broad SMARTS) is 1. The predicted molar refractivity (Wildman–Crippen MR) is 312 cm³/mol. The second kappa shape index (κ2) is 52.3. The summed E-state index contributed by atoms with van der Waals surface area (Å²) in [7, 11) is 0. The van der Waals surface area contributed by atoms with Crippen LogP contribution in [-0.4, -0.2) is 89.2 Å². The highest BCUT2D eigenvalue weighted by Gasteiger charge is 2.50. The van der Waals surface area contributed by atoms with Crippen molar-refractivity contribution in [3.63, 3.8) is 0 Å². The van der Waals surface area contributed by atoms with Gasteiger partial charge in [0, 0.05) is 19.3 Å². The van der Waals surface area contributed by atoms with E-state index in [9.17, 15) is 34.5 Å². The minimum atomic E-state index is -1.92. The number of aliphatic hydroxyl groups is 2. The quantitative estimate of drug-likeness (QED) is 0.0228. The average molecular weight is 1080 g/mol. The Morgan fingerprint density at radius 2 is 0.831 bits per heavy atom. The van der Waals surface area contributed by atoms with E-state index in [1.54, 1.807) is 0 Å². The highest BCUT2D eigenvalue weighted by atomic mass is 16.7. The number of carbonyl (C=O) groups excluding carboxylic acids is 3. The first-order valence-electron chi connectivity index (χ1n) is 30.2. The van der Waals surface area contributed by atoms with Gasteiger partial charge in [-0.25, -0.2) is 4.79 Å². The van der Waals surface area contributed by atoms with Crippen molar-refractivity contribution in [2.24, 2.45) is 0 Å². The molecule has 1 saturated heterocycles. The van der Waals surface area contributed by atoms with Gasteiger partial charge >= 0.3 is 23.9 Å². The Morgan fingerprint density at radius 1 is 0.442 bits per heavy atom. The van der Waals surface area contributed by atoms with E-state index in [1.165, 1.54) is 51.4 Å². The molecule has 1 heterocycles. The molecule has 0 aliphatic carbocycles. The second-order valence-electron chi connectivity index (χ2n) is 20.2. The summed E-state index contributed by atoms with van der Waals surface area (Å²) in [5.41, 5.74) is 0. The first kappa shape index (κ1) is 70.7. The number of allylic oxidation sites excluding steroid dienone is 16. The first-order valence-corrected chi connectivity index (χ1v) is 30.2. The van der Waals surface area contributed by atoms with Gasteiger partial charge in [-0.1, -0.05) is 201 Å². The molecule has 0 aromatic carbocycles. The van der Waals surface area contributed by atoms with Crippen LogP contribution >= 0.6 is 0 Å². The van der Waals surface area contributed by atoms with Crippen LogP contribution in [0.25, 0.3) is 0 Å². The minimum Gasteiger partial charge on any atom is -0.479 e. The van der Waals surface area contributed by atoms with Crippen molar-refractivity contribution in [1.82, 2.24) is 0 Å². The lowest BCUT2D eigenvalue weighted by Crippen LogP contribution is -2.61. The van der Waals surface area contributed by atoms with Crippen molar-refractivity contribution in [3.8, 4) is 0 Å². The van der Waals surface area contributed by atoms with Crippen molar-refractivity contribution in [1.29, 1.82) is 0 Å². The number of hydrogen-bond donors (Lipinski definition) is 3. The smallest absolute Gasteiger partial charge is 0.335 e. The SMILES string of the molecule is CC/C=C\C/C=C\C/C=C\C/C=C\C/C=C\CCCCCC(=O)OC1C(OCC(COC(=O)CCCCCCCCC/C=C\C/C=C\CCCCC)OC(=O)CCCCCCC/C=C\CCCC)OC(C(=O)O)C(O)C1O. The molecule has 0 aromatic heterocycles. The lowest BCUT2D eigenvalue weighted by Gasteiger charge is -2.40. The van der Waals surface area contributed by atoms with E-state index < -0.39 is 67.3 Å². The van der Waals surface area contributed by atoms with E-state index in [1.807, 2.05) is 0 Å². The fraction of sp³-hybridized carbons (Fsp3) is 0.692. The molecule has 1 rings (SSSR count). The van der Waals surface area contributed by atoms with Crippen molar-refractivity contribution in [2.75, 3.05) is 13.2 Å². The van der Waals surface area contributed by atoms with Gasteiger partial charge in [-0.3, -0.25) is 14.4 Å². The van der Waals surface area contributed by atoms with Gasteiger partial charge < -0.3 is 39.0 Å². The molecular weight excluding hydrogens is 973 g/mol. The zero-order valence-electron chi connectivity index (χ0n) is 48.2. The zero-order valence-corrected chi connectivity index (χ0v) is 48.2. The Bertz CT molecular complexity index is 1710. The number of ether oxygens (including phenoxy) is 5. The van der Waals surface area contributed by atoms with Crippen LogP contribution < -0.4 is 0 Å². The maximum atomic E-state index is 13.1. The fourth-order valence-electron chi connectivity index (χ4n) is 8.46. The molecular formula is C65H106O12. The zero-order chi connectivity index (χ0) is 56.1. The molecule has 0 bridgehead atoms. The van der Waals surface area contributed by atoms with Gasteiger partial charge in [0.1, 0.15) is 18.8 Å². The molecule has 438 valence electrons. The Kier molecular flexibility index (Phi) is 48.0. The monoisotopic (exact) mass is 1080 g/mol. The Morgan fingerprint density at radius 3 is 1.31 bits per heavy atom. The summed E-state index contributed by atoms with van der Waals surface area (Å²) < 4.78 is 28.4. The third kappa shape index (κ3) is 42.3. The van der Waals surface area contributed by atoms with Crippen LogP contribution in [0.1, 0.15) is 239 Å². The van der Waals surface area contributed by atoms with Gasteiger partial charge in [0.25, 0.3) is 0 Å². The number of aliphatic carboxylic acids is 1. The molecule has 12 nitrogen and oxygen atoms in total. The lowest BCUT2D eigenvalue weighted by molar-refractivity contribution is -0.301. The number of rotatable bonds is 50. The largest absolute Gasteiger partial charge is 0.479 e. The minimum absolute atomic E-state index is 0.0158. The number of hydrogen-bond acceptors (Lipinski definition) is 11. The third-order valence-corrected chi connectivity index (χ3v) is 13.1. The highest BCUT2D eigenvalue weighted by molar-refractivity contribution is 5.74. The van der Waals surface area contributed by atoms with E-state index >= 15 is 0 Å². The molecule has 1 aliphatic rings. The first-order chi connectivity index (χ1) is 37.6. The maximum absolute atomic E-state index is 13.1. The molecule has 3 N–H and O–H groups in total. The van der Waals surface area contributed by atoms with E-state index in [0.717, 1.165) is 128 Å². The van der Waals surface area contributed by atoms with Gasteiger partial charge in [-0.2, -0.15) is 0 Å². The van der Waals surface area contributed by atoms with Crippen LogP contribution in [0.15, 0.2) is 97.2 Å². The summed E-state index contributed by atoms with van der Waals surface area (Å²) in [5, 5.41) is 31.5. The van der Waals surface area contributed by atoms with Crippen molar-refractivity contribution in [3.05, 3.63) is 97.2 Å². The van der Waals surface area contributed by atoms with E-state index in [0.29, 0.717) is 19.3 Å². The summed E-state index contributed by atoms with van der Waals surface area (Å²) in [5.74, 6) is -3.19. The van der Waals surface area contributed by atoms with Crippen molar-refractivity contribution >= 4 is 23.9 Å². The number of aliphatic hydroxyl groups excluding tert-OH is 2. The Labute approximate surface area is 466 Å². The van der Waals surface area contributed by atoms with Crippen LogP contribution in [0.2, 0.25) is 0 Å². The number of unbranched alkanes of at least 4 members (excludes halogenated alkanes) is 20. The third-order valence-electron chi connectivity index (χ3n) is 13.1. The standard InChI is InChI=1S/C65H106O12/c1-4-7-10-13-16-19-22-24-26-28-29-31-33-35-38-41-44-47-50-53-59(68)76-63-61(70)60(69)62(64(71)72)77-65(63)74-55-56(75-58(67)52-49-46-43-40-36-21-18-15-12-9-6-3)54-73-57(66)51-48-45-42-39-37-34-32-30-27-25-23-20-17-14-11-8-5-2/h7,10,15-20,24-27,29,31,35,38,56,60-63,65,69-70H,4-6,8-9,11-14,21-23,28,30,32-34,36-37,39-55H2,1-3H3,(H,71,72)/b10-7-,18-15-,19-16-,20-17-,26-24-,27-25-,31-29-,38-35-. The summed E-state index contributed by atoms with van der Waals surface area (Å²) >= 11 is 0. The predicted octanol–water partition coefficient (Wildman–Crippen LogP) is 15.7. The average Bonchev–Trinajstić information content (AvgIpc) is 3.42. The lowest BCUT2D eigenvalue weighted by atomic mass is 9.98. The number of esters is 3. The van der Waals surface area contributed by atoms with Crippen LogP contribution in [0.4, 0.5) is 0 Å². The van der Waals surface area contributed by atoms with Gasteiger partial charge in [-0.15, -0.1) is 0 Å². The van der Waals surface area contributed by atoms with Crippen LogP contribution in [0.3, 0.4) is 0 Å². The Hall–Kier alpha value is -4.36. The molecule has 0 saturated carbocycles. The molecule has 0 radical (unpaired) electrons. The van der Waals surface area contributed by atoms with Gasteiger partial charge in [0.2, 0.25) is 0 Å². The molecule has 1 aliphatic heterocycles. The van der Waals surface area contributed by atoms with E-state index in [4.69, 9.17) is 23.7 Å². The molecule has 12 heteroatoms. The van der Waals surface area contributed by atoms with E-state index in [-0.39, 0.29) is 25.9 Å². The van der Waals surface area contributed by atoms with Gasteiger partial charge in [-0.05, 0) is 116 Å². The fourth-order valence-corrected chi connectivity index (χ4v) is 8.46. The van der Waals surface area contributed by atoms with Crippen LogP contribution in [0.5, 0.6) is 0 Å². The molecule has 77 heavy (non-hydrogen) atoms. The van der Waals surface area contributed by atoms with E-state index in [2.05, 4.69) is 118 Å². The van der Waals surface area contributed by atoms with Crippen molar-refractivity contribution in [2.45, 2.75) is 276 Å². The summed E-state index contributed by atoms with van der Waals surface area (Å²) in [6.07, 6.45) is 56.6. The van der Waals surface area contributed by atoms with Crippen LogP contribution in [-0.2, 0) is 42.9 Å². The molecule has 1 fully saturated rings. The molecule has 0 spiro atoms. The topological polar surface area (TPSA) is 175 Å². The second-order valence-corrected chi connectivity index (χ2v) is 20.2. The van der Waals surface area contributed by atoms with Crippen LogP contribution in [0, 0.1) is 0 Å². The van der Waals surface area contributed by atoms with Crippen molar-refractivity contribution < 1.29 is 58.2 Å². The maximum Gasteiger partial charge on any atom is 0.335 e. The number of carbonyl (C=O) groups is 4. The summed E-state index contributed by atoms with van der Waals surface area (Å²) in [6.45, 7) is 5.78. The Balaban J connectivity index is 2.69. The summed E-state index contributed by atoms with van der Waals surface area (Å²) in [6, 6.07) is 0. The molecule has 6 unspecified atom stereocenters. The molecule has 6 atom stereocenters. The number of carboxylic acids is 1. The highest BCUT2D eigenvalue weighted by Crippen LogP contribution is 2.26. The van der Waals surface area contributed by atoms with Gasteiger partial charge in [0.05, 0.1) is 6.61 Å². The van der Waals surface area contributed by atoms with Gasteiger partial charge in [0.15, 0.2) is 24.6 Å². The molecule has 0 aromatic rings. The molecule has 0 amide bonds. The summed E-state index contributed by atoms with van der Waals surface area (Å²) in [4.78, 5) is 51.1.